The number of aromatic nitrogens is 4. The molecule has 0 spiro atoms. The van der Waals surface area contributed by atoms with Gasteiger partial charge in [0, 0.05) is 23.0 Å². The second-order valence-corrected chi connectivity index (χ2v) is 8.47. The Labute approximate surface area is 200 Å². The third kappa shape index (κ3) is 4.54. The largest absolute Gasteiger partial charge is 0.338 e. The number of hydrogen-bond acceptors (Lipinski definition) is 4. The maximum atomic E-state index is 12.6. The summed E-state index contributed by atoms with van der Waals surface area (Å²) in [5.74, 6) is 0.421. The molecule has 0 bridgehead atoms. The molecule has 2 heterocycles. The average molecular weight is 466 g/mol. The Kier molecular flexibility index (Phi) is 5.62. The van der Waals surface area contributed by atoms with Crippen LogP contribution < -0.4 is 16.6 Å². The van der Waals surface area contributed by atoms with Gasteiger partial charge in [-0.25, -0.2) is 9.78 Å². The highest BCUT2D eigenvalue weighted by Gasteiger charge is 2.10. The Bertz CT molecular complexity index is 1690. The maximum absolute atomic E-state index is 12.6. The molecule has 5 aromatic rings. The summed E-state index contributed by atoms with van der Waals surface area (Å²) in [6.45, 7) is 3.41. The Hall–Kier alpha value is -4.72. The zero-order valence-electron chi connectivity index (χ0n) is 19.3. The highest BCUT2D eigenvalue weighted by Crippen LogP contribution is 2.28. The normalized spacial score (nSPS) is 11.0. The van der Waals surface area contributed by atoms with Gasteiger partial charge in [-0.2, -0.15) is 0 Å². The molecule has 8 nitrogen and oxygen atoms in total. The van der Waals surface area contributed by atoms with Gasteiger partial charge in [-0.05, 0) is 54.8 Å². The van der Waals surface area contributed by atoms with Crippen LogP contribution in [0.5, 0.6) is 0 Å². The quantitative estimate of drug-likeness (QED) is 0.364. The summed E-state index contributed by atoms with van der Waals surface area (Å²) in [7, 11) is 0. The molecule has 2 aromatic heterocycles. The van der Waals surface area contributed by atoms with Gasteiger partial charge in [0.1, 0.15) is 12.4 Å². The lowest BCUT2D eigenvalue weighted by Gasteiger charge is -2.10. The number of benzene rings is 3. The number of aryl methyl sites for hydroxylation is 2. The van der Waals surface area contributed by atoms with Crippen molar-refractivity contribution in [2.75, 3.05) is 5.32 Å². The van der Waals surface area contributed by atoms with Gasteiger partial charge < -0.3 is 10.3 Å². The number of nitrogens with one attached hydrogen (secondary N) is 3. The van der Waals surface area contributed by atoms with Crippen LogP contribution in [-0.2, 0) is 11.3 Å². The zero-order chi connectivity index (χ0) is 24.5. The number of para-hydroxylation sites is 1. The molecule has 5 rings (SSSR count). The van der Waals surface area contributed by atoms with Crippen LogP contribution in [0.25, 0.3) is 33.5 Å². The number of H-pyrrole nitrogens is 2. The SMILES string of the molecule is Cc1cn(CC(=O)Nc2cccc(-c3cccc(-c4nc5c(C)cccc5[nH]4)c3)c2)c(=O)[nH]c1=O. The molecule has 8 heteroatoms. The molecule has 0 fully saturated rings. The predicted octanol–water partition coefficient (Wildman–Crippen LogP) is 4.00. The molecule has 0 aliphatic carbocycles. The minimum absolute atomic E-state index is 0.207. The van der Waals surface area contributed by atoms with E-state index in [-0.39, 0.29) is 12.5 Å². The van der Waals surface area contributed by atoms with Crippen LogP contribution >= 0.6 is 0 Å². The lowest BCUT2D eigenvalue weighted by molar-refractivity contribution is -0.116. The molecular weight excluding hydrogens is 442 g/mol. The first-order chi connectivity index (χ1) is 16.9. The second kappa shape index (κ2) is 8.90. The minimum Gasteiger partial charge on any atom is -0.338 e. The summed E-state index contributed by atoms with van der Waals surface area (Å²) in [4.78, 5) is 46.4. The predicted molar refractivity (Wildman–Crippen MR) is 136 cm³/mol. The highest BCUT2D eigenvalue weighted by molar-refractivity contribution is 5.91. The maximum Gasteiger partial charge on any atom is 0.328 e. The van der Waals surface area contributed by atoms with Gasteiger partial charge in [0.25, 0.3) is 5.56 Å². The lowest BCUT2D eigenvalue weighted by Crippen LogP contribution is -2.34. The number of rotatable bonds is 5. The molecule has 1 amide bonds. The molecule has 0 unspecified atom stereocenters. The number of nitrogens with zero attached hydrogens (tertiary/aromatic N) is 2. The fraction of sp³-hybridized carbons (Fsp3) is 0.111. The Balaban J connectivity index is 1.38. The van der Waals surface area contributed by atoms with E-state index < -0.39 is 11.2 Å². The highest BCUT2D eigenvalue weighted by atomic mass is 16.2. The lowest BCUT2D eigenvalue weighted by atomic mass is 10.0. The van der Waals surface area contributed by atoms with Crippen LogP contribution in [0.15, 0.2) is 82.5 Å². The summed E-state index contributed by atoms with van der Waals surface area (Å²) in [6.07, 6.45) is 1.38. The number of carbonyl (C=O) groups is 1. The standard InChI is InChI=1S/C27H23N5O3/c1-16-6-3-11-22-24(16)30-25(29-22)20-9-4-7-18(12-20)19-8-5-10-21(13-19)28-23(33)15-32-14-17(2)26(34)31-27(32)35/h3-14H,15H2,1-2H3,(H,28,33)(H,29,30)(H,31,34,35). The van der Waals surface area contributed by atoms with E-state index in [9.17, 15) is 14.4 Å². The van der Waals surface area contributed by atoms with Gasteiger partial charge in [0.05, 0.1) is 11.0 Å². The molecule has 3 N–H and O–H groups in total. The molecule has 0 saturated heterocycles. The van der Waals surface area contributed by atoms with E-state index in [0.29, 0.717) is 11.3 Å². The van der Waals surface area contributed by atoms with E-state index in [0.717, 1.165) is 39.1 Å². The summed E-state index contributed by atoms with van der Waals surface area (Å²) >= 11 is 0. The van der Waals surface area contributed by atoms with Gasteiger partial charge in [-0.3, -0.25) is 19.1 Å². The smallest absolute Gasteiger partial charge is 0.328 e. The zero-order valence-corrected chi connectivity index (χ0v) is 19.3. The van der Waals surface area contributed by atoms with Gasteiger partial charge in [0.2, 0.25) is 5.91 Å². The number of aromatic amines is 2. The topological polar surface area (TPSA) is 113 Å². The average Bonchev–Trinajstić information content (AvgIpc) is 3.29. The van der Waals surface area contributed by atoms with Crippen molar-refractivity contribution in [1.82, 2.24) is 19.5 Å². The van der Waals surface area contributed by atoms with Crippen molar-refractivity contribution in [3.8, 4) is 22.5 Å². The number of imidazole rings is 1. The Morgan fingerprint density at radius 3 is 2.40 bits per heavy atom. The fourth-order valence-electron chi connectivity index (χ4n) is 4.03. The molecule has 0 aliphatic rings. The van der Waals surface area contributed by atoms with E-state index in [1.807, 2.05) is 61.5 Å². The number of anilines is 1. The molecule has 0 aliphatic heterocycles. The van der Waals surface area contributed by atoms with Crippen molar-refractivity contribution in [2.24, 2.45) is 0 Å². The van der Waals surface area contributed by atoms with Crippen molar-refractivity contribution >= 4 is 22.6 Å². The Morgan fingerprint density at radius 1 is 0.886 bits per heavy atom. The number of carbonyl (C=O) groups excluding carboxylic acids is 1. The first kappa shape index (κ1) is 22.1. The van der Waals surface area contributed by atoms with Crippen molar-refractivity contribution in [1.29, 1.82) is 0 Å². The number of amides is 1. The Morgan fingerprint density at radius 2 is 1.60 bits per heavy atom. The molecule has 0 saturated carbocycles. The van der Waals surface area contributed by atoms with Crippen LogP contribution in [-0.4, -0.2) is 25.4 Å². The van der Waals surface area contributed by atoms with Crippen molar-refractivity contribution in [3.05, 3.63) is 105 Å². The number of fused-ring (bicyclic) bond motifs is 1. The molecule has 0 atom stereocenters. The van der Waals surface area contributed by atoms with Crippen molar-refractivity contribution < 1.29 is 4.79 Å². The van der Waals surface area contributed by atoms with Gasteiger partial charge in [-0.1, -0.05) is 42.5 Å². The summed E-state index contributed by atoms with van der Waals surface area (Å²) in [6, 6.07) is 21.6. The first-order valence-corrected chi connectivity index (χ1v) is 11.1. The van der Waals surface area contributed by atoms with Crippen LogP contribution in [0, 0.1) is 13.8 Å². The van der Waals surface area contributed by atoms with Crippen LogP contribution in [0.1, 0.15) is 11.1 Å². The van der Waals surface area contributed by atoms with E-state index in [1.165, 1.54) is 10.8 Å². The van der Waals surface area contributed by atoms with E-state index >= 15 is 0 Å². The molecular formula is C27H23N5O3. The third-order valence-electron chi connectivity index (χ3n) is 5.83. The van der Waals surface area contributed by atoms with Crippen LogP contribution in [0.2, 0.25) is 0 Å². The molecule has 0 radical (unpaired) electrons. The van der Waals surface area contributed by atoms with E-state index in [2.05, 4.69) is 21.4 Å². The van der Waals surface area contributed by atoms with Crippen LogP contribution in [0.4, 0.5) is 5.69 Å². The van der Waals surface area contributed by atoms with Gasteiger partial charge >= 0.3 is 5.69 Å². The van der Waals surface area contributed by atoms with Crippen molar-refractivity contribution in [3.63, 3.8) is 0 Å². The molecule has 174 valence electrons. The van der Waals surface area contributed by atoms with Crippen LogP contribution in [0.3, 0.4) is 0 Å². The number of hydrogen-bond donors (Lipinski definition) is 3. The monoisotopic (exact) mass is 465 g/mol. The fourth-order valence-corrected chi connectivity index (χ4v) is 4.03. The van der Waals surface area contributed by atoms with Gasteiger partial charge in [0.15, 0.2) is 0 Å². The van der Waals surface area contributed by atoms with E-state index in [1.54, 1.807) is 13.0 Å². The minimum atomic E-state index is -0.623. The first-order valence-electron chi connectivity index (χ1n) is 11.1. The second-order valence-electron chi connectivity index (χ2n) is 8.47. The van der Waals surface area contributed by atoms with Crippen molar-refractivity contribution in [2.45, 2.75) is 20.4 Å². The van der Waals surface area contributed by atoms with Gasteiger partial charge in [-0.15, -0.1) is 0 Å². The molecule has 3 aromatic carbocycles. The summed E-state index contributed by atoms with van der Waals surface area (Å²) in [5.41, 5.74) is 5.80. The third-order valence-corrected chi connectivity index (χ3v) is 5.83. The summed E-state index contributed by atoms with van der Waals surface area (Å²) in [5, 5.41) is 2.82. The van der Waals surface area contributed by atoms with E-state index in [4.69, 9.17) is 4.98 Å². The summed E-state index contributed by atoms with van der Waals surface area (Å²) < 4.78 is 1.18. The molecule has 35 heavy (non-hydrogen) atoms.